The minimum Gasteiger partial charge on any atom is -0.508 e. The molecule has 3 aromatic carbocycles. The molecule has 1 aliphatic carbocycles. The lowest BCUT2D eigenvalue weighted by Crippen LogP contribution is -2.36. The first-order valence-corrected chi connectivity index (χ1v) is 12.8. The molecule has 0 aromatic heterocycles. The maximum atomic E-state index is 13.8. The van der Waals surface area contributed by atoms with Crippen LogP contribution in [0, 0.1) is 12.3 Å². The van der Waals surface area contributed by atoms with Gasteiger partial charge in [-0.1, -0.05) is 54.5 Å². The van der Waals surface area contributed by atoms with Crippen LogP contribution in [0.1, 0.15) is 53.9 Å². The number of hydrogen-bond donors (Lipinski definition) is 2. The summed E-state index contributed by atoms with van der Waals surface area (Å²) in [4.78, 5) is 27.4. The molecule has 0 spiro atoms. The average molecular weight is 520 g/mol. The van der Waals surface area contributed by atoms with Crippen molar-refractivity contribution >= 4 is 11.8 Å². The van der Waals surface area contributed by atoms with E-state index in [1.807, 2.05) is 55.5 Å². The van der Waals surface area contributed by atoms with Crippen molar-refractivity contribution in [3.8, 4) is 23.8 Å². The zero-order valence-electron chi connectivity index (χ0n) is 21.9. The normalized spacial score (nSPS) is 18.6. The summed E-state index contributed by atoms with van der Waals surface area (Å²) in [7, 11) is 1.62. The number of benzene rings is 3. The zero-order chi connectivity index (χ0) is 27.5. The molecule has 2 unspecified atom stereocenters. The van der Waals surface area contributed by atoms with Gasteiger partial charge < -0.3 is 19.9 Å². The highest BCUT2D eigenvalue weighted by Crippen LogP contribution is 2.47. The number of dihydropyridines is 1. The summed E-state index contributed by atoms with van der Waals surface area (Å²) in [6.07, 6.45) is 6.46. The number of ether oxygens (including phenoxy) is 2. The Morgan fingerprint density at radius 3 is 2.62 bits per heavy atom. The van der Waals surface area contributed by atoms with Crippen LogP contribution < -0.4 is 10.1 Å². The third-order valence-electron chi connectivity index (χ3n) is 7.36. The van der Waals surface area contributed by atoms with E-state index in [0.717, 1.165) is 22.6 Å². The van der Waals surface area contributed by atoms with E-state index >= 15 is 0 Å². The molecule has 5 rings (SSSR count). The van der Waals surface area contributed by atoms with Crippen LogP contribution in [0.3, 0.4) is 0 Å². The molecule has 0 amide bonds. The summed E-state index contributed by atoms with van der Waals surface area (Å²) in [6.45, 7) is 1.81. The third kappa shape index (κ3) is 5.04. The summed E-state index contributed by atoms with van der Waals surface area (Å²) in [6, 6.07) is 21.7. The van der Waals surface area contributed by atoms with Crippen molar-refractivity contribution < 1.29 is 24.2 Å². The van der Waals surface area contributed by atoms with E-state index < -0.39 is 11.9 Å². The number of terminal acetylenes is 1. The smallest absolute Gasteiger partial charge is 0.337 e. The fourth-order valence-corrected chi connectivity index (χ4v) is 5.58. The minimum atomic E-state index is -0.685. The number of methoxy groups -OCH3 is 1. The van der Waals surface area contributed by atoms with Crippen molar-refractivity contribution in [3.05, 3.63) is 118 Å². The van der Waals surface area contributed by atoms with Crippen molar-refractivity contribution in [1.29, 1.82) is 0 Å². The number of hydrogen-bond acceptors (Lipinski definition) is 6. The van der Waals surface area contributed by atoms with Gasteiger partial charge in [0, 0.05) is 46.4 Å². The van der Waals surface area contributed by atoms with Gasteiger partial charge in [-0.05, 0) is 48.7 Å². The Hall–Kier alpha value is -4.76. The quantitative estimate of drug-likeness (QED) is 0.331. The van der Waals surface area contributed by atoms with E-state index in [0.29, 0.717) is 34.4 Å². The predicted octanol–water partition coefficient (Wildman–Crippen LogP) is 5.49. The SMILES string of the molecule is C#Cc1ccccc1COC(=O)C1=C(C)NC2=C(C(=O)CC(c3ccccc3OC)C2)C1c1cccc(O)c1. The van der Waals surface area contributed by atoms with E-state index in [1.54, 1.807) is 31.4 Å². The van der Waals surface area contributed by atoms with E-state index in [4.69, 9.17) is 15.9 Å². The van der Waals surface area contributed by atoms with Gasteiger partial charge in [0.15, 0.2) is 5.78 Å². The maximum Gasteiger partial charge on any atom is 0.337 e. The van der Waals surface area contributed by atoms with E-state index in [9.17, 15) is 14.7 Å². The number of nitrogens with one attached hydrogen (secondary N) is 1. The summed E-state index contributed by atoms with van der Waals surface area (Å²) in [5.41, 5.74) is 5.20. The molecule has 39 heavy (non-hydrogen) atoms. The molecule has 3 aromatic rings. The molecule has 1 heterocycles. The number of phenolic OH excluding ortho intramolecular Hbond substituents is 1. The molecular weight excluding hydrogens is 490 g/mol. The topological polar surface area (TPSA) is 84.9 Å². The van der Waals surface area contributed by atoms with Crippen molar-refractivity contribution in [2.75, 3.05) is 7.11 Å². The van der Waals surface area contributed by atoms with Gasteiger partial charge in [0.25, 0.3) is 0 Å². The number of allylic oxidation sites excluding steroid dienone is 3. The molecule has 0 saturated heterocycles. The standard InChI is InChI=1S/C33H29NO5/c1-4-21-10-5-6-11-23(21)19-39-33(37)30-20(2)34-27-17-24(26-14-7-8-15-29(26)38-3)18-28(36)32(27)31(30)22-12-9-13-25(35)16-22/h1,5-16,24,31,34-35H,17-19H2,2-3H3. The van der Waals surface area contributed by atoms with Gasteiger partial charge in [-0.2, -0.15) is 0 Å². The van der Waals surface area contributed by atoms with Crippen LogP contribution in [0.15, 0.2) is 95.3 Å². The Bertz CT molecular complexity index is 1560. The lowest BCUT2D eigenvalue weighted by atomic mass is 9.71. The highest BCUT2D eigenvalue weighted by atomic mass is 16.5. The molecule has 1 aliphatic heterocycles. The van der Waals surface area contributed by atoms with Crippen molar-refractivity contribution in [2.24, 2.45) is 0 Å². The Kier molecular flexibility index (Phi) is 7.25. The molecule has 196 valence electrons. The van der Waals surface area contributed by atoms with Gasteiger partial charge in [-0.3, -0.25) is 4.79 Å². The minimum absolute atomic E-state index is 0.00151. The molecule has 2 aliphatic rings. The summed E-state index contributed by atoms with van der Waals surface area (Å²) in [5, 5.41) is 13.6. The van der Waals surface area contributed by atoms with Gasteiger partial charge in [0.1, 0.15) is 18.1 Å². The first kappa shape index (κ1) is 25.9. The number of phenols is 1. The number of ketones is 1. The van der Waals surface area contributed by atoms with Crippen LogP contribution in [0.5, 0.6) is 11.5 Å². The fraction of sp³-hybridized carbons (Fsp3) is 0.212. The Morgan fingerprint density at radius 2 is 1.85 bits per heavy atom. The highest BCUT2D eigenvalue weighted by molar-refractivity contribution is 6.04. The van der Waals surface area contributed by atoms with Gasteiger partial charge in [0.05, 0.1) is 12.7 Å². The Balaban J connectivity index is 1.52. The third-order valence-corrected chi connectivity index (χ3v) is 7.36. The highest BCUT2D eigenvalue weighted by Gasteiger charge is 2.42. The second kappa shape index (κ2) is 10.9. The van der Waals surface area contributed by atoms with Crippen LogP contribution in [0.25, 0.3) is 0 Å². The maximum absolute atomic E-state index is 13.8. The number of para-hydroxylation sites is 1. The Morgan fingerprint density at radius 1 is 1.08 bits per heavy atom. The monoisotopic (exact) mass is 519 g/mol. The first-order chi connectivity index (χ1) is 18.9. The van der Waals surface area contributed by atoms with Crippen LogP contribution in [0.2, 0.25) is 0 Å². The van der Waals surface area contributed by atoms with Crippen LogP contribution in [-0.2, 0) is 20.9 Å². The van der Waals surface area contributed by atoms with Gasteiger partial charge in [-0.25, -0.2) is 4.79 Å². The van der Waals surface area contributed by atoms with Crippen LogP contribution in [-0.4, -0.2) is 24.0 Å². The van der Waals surface area contributed by atoms with Gasteiger partial charge in [-0.15, -0.1) is 6.42 Å². The number of esters is 1. The second-order valence-corrected chi connectivity index (χ2v) is 9.73. The number of Topliss-reactive ketones (excluding diaryl/α,β-unsaturated/α-hetero) is 1. The van der Waals surface area contributed by atoms with Crippen molar-refractivity contribution in [2.45, 2.75) is 38.2 Å². The molecule has 0 fully saturated rings. The molecular formula is C33H29NO5. The second-order valence-electron chi connectivity index (χ2n) is 9.73. The van der Waals surface area contributed by atoms with Gasteiger partial charge in [0.2, 0.25) is 0 Å². The number of carbonyl (C=O) groups is 2. The van der Waals surface area contributed by atoms with E-state index in [2.05, 4.69) is 11.2 Å². The number of rotatable bonds is 6. The lowest BCUT2D eigenvalue weighted by molar-refractivity contribution is -0.140. The van der Waals surface area contributed by atoms with Crippen molar-refractivity contribution in [1.82, 2.24) is 5.32 Å². The summed E-state index contributed by atoms with van der Waals surface area (Å²) in [5.74, 6) is 2.03. The van der Waals surface area contributed by atoms with Crippen LogP contribution in [0.4, 0.5) is 0 Å². The van der Waals surface area contributed by atoms with Crippen molar-refractivity contribution in [3.63, 3.8) is 0 Å². The molecule has 2 atom stereocenters. The molecule has 0 saturated carbocycles. The van der Waals surface area contributed by atoms with E-state index in [1.165, 1.54) is 0 Å². The molecule has 0 radical (unpaired) electrons. The Labute approximate surface area is 228 Å². The lowest BCUT2D eigenvalue weighted by Gasteiger charge is -2.37. The van der Waals surface area contributed by atoms with E-state index in [-0.39, 0.29) is 30.5 Å². The largest absolute Gasteiger partial charge is 0.508 e. The number of aromatic hydroxyl groups is 1. The molecule has 6 nitrogen and oxygen atoms in total. The van der Waals surface area contributed by atoms with Gasteiger partial charge >= 0.3 is 5.97 Å². The first-order valence-electron chi connectivity index (χ1n) is 12.8. The molecule has 6 heteroatoms. The summed E-state index contributed by atoms with van der Waals surface area (Å²) < 4.78 is 11.3. The zero-order valence-corrected chi connectivity index (χ0v) is 21.9. The molecule has 0 bridgehead atoms. The fourth-order valence-electron chi connectivity index (χ4n) is 5.58. The number of carbonyl (C=O) groups excluding carboxylic acids is 2. The average Bonchev–Trinajstić information content (AvgIpc) is 2.95. The predicted molar refractivity (Wildman–Crippen MR) is 148 cm³/mol. The van der Waals surface area contributed by atoms with Crippen LogP contribution >= 0.6 is 0 Å². The molecule has 2 N–H and O–H groups in total. The summed E-state index contributed by atoms with van der Waals surface area (Å²) >= 11 is 0.